The molecule has 0 radical (unpaired) electrons. The van der Waals surface area contributed by atoms with E-state index in [4.69, 9.17) is 4.74 Å². The van der Waals surface area contributed by atoms with Gasteiger partial charge in [0.25, 0.3) is 0 Å². The largest absolute Gasteiger partial charge is 0.496 e. The van der Waals surface area contributed by atoms with Crippen molar-refractivity contribution >= 4 is 0 Å². The molecule has 19 heavy (non-hydrogen) atoms. The number of nitrogens with one attached hydrogen (secondary N) is 1. The molecule has 1 rings (SSSR count). The average molecular weight is 263 g/mol. The summed E-state index contributed by atoms with van der Waals surface area (Å²) in [6.45, 7) is 9.96. The Bertz CT molecular complexity index is 372. The third-order valence-corrected chi connectivity index (χ3v) is 3.85. The van der Waals surface area contributed by atoms with E-state index >= 15 is 0 Å². The molecule has 0 spiro atoms. The van der Waals surface area contributed by atoms with Crippen LogP contribution in [0, 0.1) is 12.8 Å². The lowest BCUT2D eigenvalue weighted by molar-refractivity contribution is 0.325. The number of methoxy groups -OCH3 is 1. The van der Waals surface area contributed by atoms with E-state index in [1.807, 2.05) is 0 Å². The minimum absolute atomic E-state index is 0.393. The van der Waals surface area contributed by atoms with Crippen LogP contribution in [0.5, 0.6) is 5.75 Å². The summed E-state index contributed by atoms with van der Waals surface area (Å²) in [5.74, 6) is 1.66. The summed E-state index contributed by atoms with van der Waals surface area (Å²) in [4.78, 5) is 0. The standard InChI is InChI=1S/C17H29NO/c1-6-11-18-17(14(7-2)8-3)15-12-13(4)9-10-16(15)19-5/h9-10,12,14,17-18H,6-8,11H2,1-5H3. The van der Waals surface area contributed by atoms with Crippen molar-refractivity contribution < 1.29 is 4.74 Å². The molecular weight excluding hydrogens is 234 g/mol. The zero-order chi connectivity index (χ0) is 14.3. The number of hydrogen-bond donors (Lipinski definition) is 1. The molecule has 1 unspecified atom stereocenters. The predicted molar refractivity (Wildman–Crippen MR) is 82.8 cm³/mol. The molecule has 0 amide bonds. The van der Waals surface area contributed by atoms with Gasteiger partial charge < -0.3 is 10.1 Å². The molecule has 1 atom stereocenters. The Morgan fingerprint density at radius 2 is 1.84 bits per heavy atom. The normalized spacial score (nSPS) is 12.7. The quantitative estimate of drug-likeness (QED) is 0.746. The Kier molecular flexibility index (Phi) is 6.93. The first-order chi connectivity index (χ1) is 9.17. The van der Waals surface area contributed by atoms with E-state index < -0.39 is 0 Å². The van der Waals surface area contributed by atoms with Crippen LogP contribution < -0.4 is 10.1 Å². The topological polar surface area (TPSA) is 21.3 Å². The fourth-order valence-corrected chi connectivity index (χ4v) is 2.69. The molecule has 1 N–H and O–H groups in total. The van der Waals surface area contributed by atoms with Gasteiger partial charge in [-0.2, -0.15) is 0 Å². The third kappa shape index (κ3) is 4.24. The lowest BCUT2D eigenvalue weighted by atomic mass is 9.87. The molecule has 0 aliphatic carbocycles. The molecule has 0 heterocycles. The average Bonchev–Trinajstić information content (AvgIpc) is 2.43. The first-order valence-electron chi connectivity index (χ1n) is 7.55. The molecule has 0 aliphatic rings. The molecule has 2 nitrogen and oxygen atoms in total. The number of hydrogen-bond acceptors (Lipinski definition) is 2. The molecule has 0 fully saturated rings. The maximum atomic E-state index is 5.56. The Morgan fingerprint density at radius 3 is 2.37 bits per heavy atom. The molecule has 0 aliphatic heterocycles. The van der Waals surface area contributed by atoms with Gasteiger partial charge in [0, 0.05) is 11.6 Å². The molecular formula is C17H29NO. The molecule has 0 saturated carbocycles. The van der Waals surface area contributed by atoms with E-state index in [-0.39, 0.29) is 0 Å². The smallest absolute Gasteiger partial charge is 0.123 e. The predicted octanol–water partition coefficient (Wildman–Crippen LogP) is 4.48. The van der Waals surface area contributed by atoms with Crippen molar-refractivity contribution in [1.82, 2.24) is 5.32 Å². The maximum Gasteiger partial charge on any atom is 0.123 e. The van der Waals surface area contributed by atoms with Gasteiger partial charge in [0.15, 0.2) is 0 Å². The van der Waals surface area contributed by atoms with Gasteiger partial charge in [0.1, 0.15) is 5.75 Å². The lowest BCUT2D eigenvalue weighted by Gasteiger charge is -2.28. The highest BCUT2D eigenvalue weighted by atomic mass is 16.5. The molecule has 0 bridgehead atoms. The minimum Gasteiger partial charge on any atom is -0.496 e. The second-order valence-electron chi connectivity index (χ2n) is 5.25. The monoisotopic (exact) mass is 263 g/mol. The van der Waals surface area contributed by atoms with Gasteiger partial charge in [-0.3, -0.25) is 0 Å². The Balaban J connectivity index is 3.10. The number of rotatable bonds is 8. The SMILES string of the molecule is CCCNC(c1cc(C)ccc1OC)C(CC)CC. The third-order valence-electron chi connectivity index (χ3n) is 3.85. The van der Waals surface area contributed by atoms with Crippen LogP contribution in [0.3, 0.4) is 0 Å². The summed E-state index contributed by atoms with van der Waals surface area (Å²) in [5, 5.41) is 3.71. The van der Waals surface area contributed by atoms with Crippen LogP contribution in [-0.4, -0.2) is 13.7 Å². The van der Waals surface area contributed by atoms with Crippen molar-refractivity contribution in [3.63, 3.8) is 0 Å². The van der Waals surface area contributed by atoms with Gasteiger partial charge in [-0.05, 0) is 31.9 Å². The maximum absolute atomic E-state index is 5.56. The highest BCUT2D eigenvalue weighted by Crippen LogP contribution is 2.34. The Hall–Kier alpha value is -1.02. The molecule has 108 valence electrons. The van der Waals surface area contributed by atoms with E-state index in [9.17, 15) is 0 Å². The van der Waals surface area contributed by atoms with Gasteiger partial charge >= 0.3 is 0 Å². The van der Waals surface area contributed by atoms with Crippen LogP contribution in [0.15, 0.2) is 18.2 Å². The molecule has 1 aromatic carbocycles. The van der Waals surface area contributed by atoms with E-state index in [1.54, 1.807) is 7.11 Å². The fraction of sp³-hybridized carbons (Fsp3) is 0.647. The molecule has 1 aromatic rings. The van der Waals surface area contributed by atoms with Gasteiger partial charge in [0.2, 0.25) is 0 Å². The van der Waals surface area contributed by atoms with Crippen LogP contribution >= 0.6 is 0 Å². The summed E-state index contributed by atoms with van der Waals surface area (Å²) in [6.07, 6.45) is 3.54. The van der Waals surface area contributed by atoms with Crippen LogP contribution in [0.1, 0.15) is 57.2 Å². The molecule has 0 saturated heterocycles. The second-order valence-corrected chi connectivity index (χ2v) is 5.25. The summed E-state index contributed by atoms with van der Waals surface area (Å²) in [6, 6.07) is 6.87. The minimum atomic E-state index is 0.393. The van der Waals surface area contributed by atoms with E-state index in [0.29, 0.717) is 12.0 Å². The van der Waals surface area contributed by atoms with E-state index in [1.165, 1.54) is 24.0 Å². The first-order valence-corrected chi connectivity index (χ1v) is 7.55. The van der Waals surface area contributed by atoms with Crippen molar-refractivity contribution in [2.75, 3.05) is 13.7 Å². The fourth-order valence-electron chi connectivity index (χ4n) is 2.69. The van der Waals surface area contributed by atoms with Crippen molar-refractivity contribution in [2.45, 2.75) is 53.0 Å². The van der Waals surface area contributed by atoms with Crippen molar-refractivity contribution in [3.8, 4) is 5.75 Å². The number of benzene rings is 1. The Morgan fingerprint density at radius 1 is 1.16 bits per heavy atom. The van der Waals surface area contributed by atoms with E-state index in [0.717, 1.165) is 18.7 Å². The Labute approximate surface area is 118 Å². The summed E-state index contributed by atoms with van der Waals surface area (Å²) in [5.41, 5.74) is 2.61. The second kappa shape index (κ2) is 8.21. The molecule has 2 heteroatoms. The molecule has 0 aromatic heterocycles. The zero-order valence-corrected chi connectivity index (χ0v) is 13.1. The summed E-state index contributed by atoms with van der Waals surface area (Å²) in [7, 11) is 1.76. The van der Waals surface area contributed by atoms with Crippen molar-refractivity contribution in [3.05, 3.63) is 29.3 Å². The number of ether oxygens (including phenoxy) is 1. The summed E-state index contributed by atoms with van der Waals surface area (Å²) >= 11 is 0. The number of aryl methyl sites for hydroxylation is 1. The first kappa shape index (κ1) is 16.0. The van der Waals surface area contributed by atoms with Crippen LogP contribution in [0.4, 0.5) is 0 Å². The van der Waals surface area contributed by atoms with Gasteiger partial charge in [-0.15, -0.1) is 0 Å². The lowest BCUT2D eigenvalue weighted by Crippen LogP contribution is -2.29. The van der Waals surface area contributed by atoms with E-state index in [2.05, 4.69) is 51.2 Å². The van der Waals surface area contributed by atoms with Gasteiger partial charge in [0.05, 0.1) is 7.11 Å². The highest BCUT2D eigenvalue weighted by molar-refractivity contribution is 5.39. The van der Waals surface area contributed by atoms with Crippen LogP contribution in [0.25, 0.3) is 0 Å². The zero-order valence-electron chi connectivity index (χ0n) is 13.1. The van der Waals surface area contributed by atoms with Gasteiger partial charge in [-0.1, -0.05) is 51.3 Å². The van der Waals surface area contributed by atoms with Crippen molar-refractivity contribution in [2.24, 2.45) is 5.92 Å². The summed E-state index contributed by atoms with van der Waals surface area (Å²) < 4.78 is 5.56. The van der Waals surface area contributed by atoms with Crippen molar-refractivity contribution in [1.29, 1.82) is 0 Å². The van der Waals surface area contributed by atoms with Crippen LogP contribution in [0.2, 0.25) is 0 Å². The highest BCUT2D eigenvalue weighted by Gasteiger charge is 2.22. The van der Waals surface area contributed by atoms with Gasteiger partial charge in [-0.25, -0.2) is 0 Å². The van der Waals surface area contributed by atoms with Crippen LogP contribution in [-0.2, 0) is 0 Å².